The molecule has 6 rings (SSSR count). The lowest BCUT2D eigenvalue weighted by Gasteiger charge is -2.54. The van der Waals surface area contributed by atoms with E-state index in [9.17, 15) is 4.79 Å². The highest BCUT2D eigenvalue weighted by atomic mass is 16.6. The second-order valence-corrected chi connectivity index (χ2v) is 11.7. The molecular weight excluding hydrogens is 386 g/mol. The van der Waals surface area contributed by atoms with E-state index in [1.54, 1.807) is 0 Å². The molecule has 4 bridgehead atoms. The monoisotopic (exact) mass is 425 g/mol. The van der Waals surface area contributed by atoms with Crippen molar-refractivity contribution in [1.82, 2.24) is 4.98 Å². The van der Waals surface area contributed by atoms with Crippen LogP contribution in [0.25, 0.3) is 0 Å². The number of esters is 1. The average Bonchev–Trinajstić information content (AvgIpc) is 2.70. The third kappa shape index (κ3) is 4.70. The number of aromatic nitrogens is 1. The molecular formula is C26H39N3O2. The Bertz CT molecular complexity index is 781. The highest BCUT2D eigenvalue weighted by molar-refractivity contribution is 5.96. The maximum Gasteiger partial charge on any atom is 0.342 e. The first kappa shape index (κ1) is 21.1. The number of nitrogens with zero attached hydrogens (tertiary/aromatic N) is 1. The number of hydrogen-bond donors (Lipinski definition) is 2. The molecule has 1 aromatic heterocycles. The van der Waals surface area contributed by atoms with Crippen molar-refractivity contribution in [3.05, 3.63) is 17.8 Å². The van der Waals surface area contributed by atoms with E-state index in [-0.39, 0.29) is 5.97 Å². The van der Waals surface area contributed by atoms with E-state index in [0.29, 0.717) is 23.5 Å². The van der Waals surface area contributed by atoms with Gasteiger partial charge in [0, 0.05) is 12.1 Å². The average molecular weight is 426 g/mol. The molecule has 0 amide bonds. The van der Waals surface area contributed by atoms with Crippen LogP contribution >= 0.6 is 0 Å². The SMILES string of the molecule is CC(C)(C)OC(=O)c1cc(NC2CCCCC2)cnc1NC1C2CC3CC(C2)CC1C3. The Morgan fingerprint density at radius 1 is 0.968 bits per heavy atom. The van der Waals surface area contributed by atoms with Gasteiger partial charge in [-0.15, -0.1) is 0 Å². The molecule has 1 aromatic rings. The molecule has 5 nitrogen and oxygen atoms in total. The number of pyridine rings is 1. The van der Waals surface area contributed by atoms with Gasteiger partial charge in [0.1, 0.15) is 17.0 Å². The maximum atomic E-state index is 13.1. The summed E-state index contributed by atoms with van der Waals surface area (Å²) in [5, 5.41) is 7.37. The van der Waals surface area contributed by atoms with Crippen LogP contribution in [0, 0.1) is 23.7 Å². The summed E-state index contributed by atoms with van der Waals surface area (Å²) in [7, 11) is 0. The summed E-state index contributed by atoms with van der Waals surface area (Å²) in [5.41, 5.74) is 0.983. The zero-order valence-corrected chi connectivity index (χ0v) is 19.5. The third-order valence-corrected chi connectivity index (χ3v) is 8.01. The number of hydrogen-bond acceptors (Lipinski definition) is 5. The number of anilines is 2. The summed E-state index contributed by atoms with van der Waals surface area (Å²) in [4.78, 5) is 17.9. The second kappa shape index (κ2) is 8.29. The van der Waals surface area contributed by atoms with E-state index in [4.69, 9.17) is 9.72 Å². The molecule has 0 radical (unpaired) electrons. The van der Waals surface area contributed by atoms with Gasteiger partial charge < -0.3 is 15.4 Å². The van der Waals surface area contributed by atoms with Crippen LogP contribution in [0.15, 0.2) is 12.3 Å². The standard InChI is InChI=1S/C26H39N3O2/c1-26(2,3)31-25(30)22-14-21(28-20-7-5-4-6-8-20)15-27-24(22)29-23-18-10-16-9-17(12-18)13-19(23)11-16/h14-20,23,28H,4-13H2,1-3H3,(H,27,29). The summed E-state index contributed by atoms with van der Waals surface area (Å²) < 4.78 is 5.77. The van der Waals surface area contributed by atoms with Crippen LogP contribution in [-0.4, -0.2) is 28.6 Å². The van der Waals surface area contributed by atoms with Crippen LogP contribution in [0.3, 0.4) is 0 Å². The molecule has 5 heteroatoms. The zero-order valence-electron chi connectivity index (χ0n) is 19.5. The Balaban J connectivity index is 1.38. The van der Waals surface area contributed by atoms with Crippen LogP contribution in [0.1, 0.15) is 95.3 Å². The van der Waals surface area contributed by atoms with Crippen LogP contribution in [-0.2, 0) is 4.74 Å². The molecule has 0 aliphatic heterocycles. The number of carbonyl (C=O) groups excluding carboxylic acids is 1. The number of carbonyl (C=O) groups is 1. The Morgan fingerprint density at radius 2 is 1.61 bits per heavy atom. The normalized spacial score (nSPS) is 32.7. The lowest BCUT2D eigenvalue weighted by Crippen LogP contribution is -2.51. The third-order valence-electron chi connectivity index (χ3n) is 8.01. The minimum atomic E-state index is -0.524. The van der Waals surface area contributed by atoms with Gasteiger partial charge in [0.2, 0.25) is 0 Å². The molecule has 0 aromatic carbocycles. The first-order valence-electron chi connectivity index (χ1n) is 12.6. The molecule has 1 heterocycles. The fraction of sp³-hybridized carbons (Fsp3) is 0.769. The smallest absolute Gasteiger partial charge is 0.342 e. The lowest BCUT2D eigenvalue weighted by atomic mass is 9.54. The van der Waals surface area contributed by atoms with Gasteiger partial charge in [0.05, 0.1) is 11.9 Å². The molecule has 31 heavy (non-hydrogen) atoms. The summed E-state index contributed by atoms with van der Waals surface area (Å²) in [5.74, 6) is 3.75. The molecule has 5 saturated carbocycles. The van der Waals surface area contributed by atoms with Crippen LogP contribution in [0.4, 0.5) is 11.5 Å². The van der Waals surface area contributed by atoms with Crippen molar-refractivity contribution in [1.29, 1.82) is 0 Å². The van der Waals surface area contributed by atoms with E-state index in [1.165, 1.54) is 64.2 Å². The molecule has 0 atom stereocenters. The summed E-state index contributed by atoms with van der Waals surface area (Å²) in [6.07, 6.45) is 15.0. The first-order chi connectivity index (χ1) is 14.8. The van der Waals surface area contributed by atoms with E-state index >= 15 is 0 Å². The molecule has 5 fully saturated rings. The van der Waals surface area contributed by atoms with Crippen molar-refractivity contribution in [2.24, 2.45) is 23.7 Å². The van der Waals surface area contributed by atoms with Crippen LogP contribution < -0.4 is 10.6 Å². The minimum absolute atomic E-state index is 0.279. The van der Waals surface area contributed by atoms with Crippen molar-refractivity contribution in [3.8, 4) is 0 Å². The Morgan fingerprint density at radius 3 is 2.23 bits per heavy atom. The highest BCUT2D eigenvalue weighted by Gasteiger charge is 2.48. The van der Waals surface area contributed by atoms with Gasteiger partial charge in [0.25, 0.3) is 0 Å². The van der Waals surface area contributed by atoms with Crippen molar-refractivity contribution in [2.45, 2.75) is 103 Å². The quantitative estimate of drug-likeness (QED) is 0.565. The topological polar surface area (TPSA) is 63.2 Å². The summed E-state index contributed by atoms with van der Waals surface area (Å²) >= 11 is 0. The Kier molecular flexibility index (Phi) is 5.64. The molecule has 0 unspecified atom stereocenters. The second-order valence-electron chi connectivity index (χ2n) is 11.7. The molecule has 5 aliphatic carbocycles. The molecule has 0 spiro atoms. The highest BCUT2D eigenvalue weighted by Crippen LogP contribution is 2.54. The van der Waals surface area contributed by atoms with E-state index in [0.717, 1.165) is 29.4 Å². The van der Waals surface area contributed by atoms with E-state index in [2.05, 4.69) is 10.6 Å². The van der Waals surface area contributed by atoms with Crippen LogP contribution in [0.5, 0.6) is 0 Å². The van der Waals surface area contributed by atoms with Gasteiger partial charge in [-0.2, -0.15) is 0 Å². The Labute approximate surface area is 187 Å². The first-order valence-corrected chi connectivity index (χ1v) is 12.6. The molecule has 2 N–H and O–H groups in total. The van der Waals surface area contributed by atoms with Gasteiger partial charge in [-0.25, -0.2) is 9.78 Å². The fourth-order valence-electron chi connectivity index (χ4n) is 6.95. The predicted molar refractivity (Wildman–Crippen MR) is 124 cm³/mol. The minimum Gasteiger partial charge on any atom is -0.456 e. The van der Waals surface area contributed by atoms with E-state index in [1.807, 2.05) is 33.0 Å². The van der Waals surface area contributed by atoms with E-state index < -0.39 is 5.60 Å². The van der Waals surface area contributed by atoms with Gasteiger partial charge in [-0.1, -0.05) is 19.3 Å². The zero-order chi connectivity index (χ0) is 21.6. The summed E-state index contributed by atoms with van der Waals surface area (Å²) in [6, 6.07) is 2.89. The number of ether oxygens (including phenoxy) is 1. The molecule has 170 valence electrons. The van der Waals surface area contributed by atoms with Crippen molar-refractivity contribution < 1.29 is 9.53 Å². The maximum absolute atomic E-state index is 13.1. The van der Waals surface area contributed by atoms with Gasteiger partial charge in [0.15, 0.2) is 0 Å². The van der Waals surface area contributed by atoms with Gasteiger partial charge in [-0.05, 0) is 95.5 Å². The largest absolute Gasteiger partial charge is 0.456 e. The summed E-state index contributed by atoms with van der Waals surface area (Å²) in [6.45, 7) is 5.77. The fourth-order valence-corrected chi connectivity index (χ4v) is 6.95. The molecule has 0 saturated heterocycles. The number of nitrogens with one attached hydrogen (secondary N) is 2. The van der Waals surface area contributed by atoms with Crippen LogP contribution in [0.2, 0.25) is 0 Å². The number of rotatable bonds is 5. The van der Waals surface area contributed by atoms with Gasteiger partial charge in [-0.3, -0.25) is 0 Å². The van der Waals surface area contributed by atoms with Crippen molar-refractivity contribution >= 4 is 17.5 Å². The Hall–Kier alpha value is -1.78. The van der Waals surface area contributed by atoms with Crippen molar-refractivity contribution in [2.75, 3.05) is 10.6 Å². The lowest BCUT2D eigenvalue weighted by molar-refractivity contribution is 0.00526. The van der Waals surface area contributed by atoms with Gasteiger partial charge >= 0.3 is 5.97 Å². The van der Waals surface area contributed by atoms with Crippen molar-refractivity contribution in [3.63, 3.8) is 0 Å². The molecule has 5 aliphatic rings. The predicted octanol–water partition coefficient (Wildman–Crippen LogP) is 6.02.